The van der Waals surface area contributed by atoms with Crippen LogP contribution in [0.15, 0.2) is 48.8 Å². The molecule has 22 heavy (non-hydrogen) atoms. The summed E-state index contributed by atoms with van der Waals surface area (Å²) in [5.41, 5.74) is 1.31. The van der Waals surface area contributed by atoms with Crippen molar-refractivity contribution in [2.45, 2.75) is 13.3 Å². The summed E-state index contributed by atoms with van der Waals surface area (Å²) in [5.74, 6) is -0.0883. The number of hydrogen-bond acceptors (Lipinski definition) is 3. The fourth-order valence-electron chi connectivity index (χ4n) is 2.09. The van der Waals surface area contributed by atoms with Crippen LogP contribution in [0, 0.1) is 5.82 Å². The average molecular weight is 299 g/mol. The van der Waals surface area contributed by atoms with Gasteiger partial charge in [0.05, 0.1) is 11.4 Å². The number of rotatable bonds is 3. The quantitative estimate of drug-likeness (QED) is 0.803. The van der Waals surface area contributed by atoms with Crippen LogP contribution in [0.5, 0.6) is 5.75 Å². The molecule has 1 N–H and O–H groups in total. The highest BCUT2D eigenvalue weighted by atomic mass is 19.1. The molecule has 0 spiro atoms. The SMILES string of the molecule is CCc1cn2cc(NC(=O)Oc3ccccc3)cc(F)c2n1. The first-order valence-electron chi connectivity index (χ1n) is 6.86. The number of pyridine rings is 1. The zero-order valence-electron chi connectivity index (χ0n) is 11.9. The number of anilines is 1. The summed E-state index contributed by atoms with van der Waals surface area (Å²) in [6.07, 6.45) is 3.35. The van der Waals surface area contributed by atoms with E-state index in [0.717, 1.165) is 5.69 Å². The molecule has 3 aromatic rings. The maximum Gasteiger partial charge on any atom is 0.417 e. The Morgan fingerprint density at radius 1 is 1.32 bits per heavy atom. The van der Waals surface area contributed by atoms with Gasteiger partial charge in [-0.15, -0.1) is 0 Å². The maximum atomic E-state index is 14.0. The number of benzene rings is 1. The predicted molar refractivity (Wildman–Crippen MR) is 80.6 cm³/mol. The van der Waals surface area contributed by atoms with Crippen molar-refractivity contribution in [1.82, 2.24) is 9.38 Å². The highest BCUT2D eigenvalue weighted by Crippen LogP contribution is 2.17. The topological polar surface area (TPSA) is 55.6 Å². The smallest absolute Gasteiger partial charge is 0.410 e. The number of halogens is 1. The van der Waals surface area contributed by atoms with E-state index in [2.05, 4.69) is 10.3 Å². The fraction of sp³-hybridized carbons (Fsp3) is 0.125. The van der Waals surface area contributed by atoms with Gasteiger partial charge in [0.2, 0.25) is 0 Å². The third-order valence-electron chi connectivity index (χ3n) is 3.12. The van der Waals surface area contributed by atoms with Crippen molar-refractivity contribution in [2.24, 2.45) is 0 Å². The third kappa shape index (κ3) is 2.90. The van der Waals surface area contributed by atoms with Gasteiger partial charge in [0.25, 0.3) is 0 Å². The van der Waals surface area contributed by atoms with E-state index in [4.69, 9.17) is 4.74 Å². The molecule has 3 rings (SSSR count). The van der Waals surface area contributed by atoms with E-state index in [1.165, 1.54) is 6.07 Å². The Morgan fingerprint density at radius 3 is 2.82 bits per heavy atom. The van der Waals surface area contributed by atoms with Gasteiger partial charge in [-0.05, 0) is 18.6 Å². The standard InChI is InChI=1S/C16H14FN3O2/c1-2-11-9-20-10-12(8-14(17)15(20)18-11)19-16(21)22-13-6-4-3-5-7-13/h3-10H,2H2,1H3,(H,19,21). The van der Waals surface area contributed by atoms with Crippen LogP contribution in [0.4, 0.5) is 14.9 Å². The molecule has 5 nitrogen and oxygen atoms in total. The van der Waals surface area contributed by atoms with Gasteiger partial charge in [0, 0.05) is 18.5 Å². The normalized spacial score (nSPS) is 10.6. The summed E-state index contributed by atoms with van der Waals surface area (Å²) in [5, 5.41) is 2.50. The molecule has 0 radical (unpaired) electrons. The van der Waals surface area contributed by atoms with Crippen molar-refractivity contribution in [3.05, 3.63) is 60.3 Å². The molecular formula is C16H14FN3O2. The van der Waals surface area contributed by atoms with Crippen molar-refractivity contribution in [1.29, 1.82) is 0 Å². The molecule has 112 valence electrons. The monoisotopic (exact) mass is 299 g/mol. The highest BCUT2D eigenvalue weighted by molar-refractivity contribution is 5.86. The lowest BCUT2D eigenvalue weighted by Gasteiger charge is -2.07. The summed E-state index contributed by atoms with van der Waals surface area (Å²) in [6, 6.07) is 9.87. The van der Waals surface area contributed by atoms with E-state index < -0.39 is 11.9 Å². The zero-order valence-corrected chi connectivity index (χ0v) is 11.9. The number of carbonyl (C=O) groups excluding carboxylic acids is 1. The van der Waals surface area contributed by atoms with Gasteiger partial charge < -0.3 is 9.14 Å². The van der Waals surface area contributed by atoms with Crippen LogP contribution in [-0.2, 0) is 6.42 Å². The van der Waals surface area contributed by atoms with Crippen molar-refractivity contribution in [3.8, 4) is 5.75 Å². The molecule has 0 aliphatic heterocycles. The summed E-state index contributed by atoms with van der Waals surface area (Å²) >= 11 is 0. The minimum absolute atomic E-state index is 0.235. The first-order valence-corrected chi connectivity index (χ1v) is 6.86. The number of para-hydroxylation sites is 1. The molecule has 0 unspecified atom stereocenters. The number of aromatic nitrogens is 2. The third-order valence-corrected chi connectivity index (χ3v) is 3.12. The van der Waals surface area contributed by atoms with E-state index in [0.29, 0.717) is 17.9 Å². The Labute approximate surface area is 126 Å². The molecular weight excluding hydrogens is 285 g/mol. The van der Waals surface area contributed by atoms with E-state index in [9.17, 15) is 9.18 Å². The Kier molecular flexibility index (Phi) is 3.74. The Balaban J connectivity index is 1.80. The van der Waals surface area contributed by atoms with Crippen LogP contribution in [0.2, 0.25) is 0 Å². The summed E-state index contributed by atoms with van der Waals surface area (Å²) < 4.78 is 20.6. The summed E-state index contributed by atoms with van der Waals surface area (Å²) in [6.45, 7) is 1.94. The number of hydrogen-bond donors (Lipinski definition) is 1. The molecule has 2 aromatic heterocycles. The Bertz CT molecular complexity index is 815. The molecule has 1 amide bonds. The highest BCUT2D eigenvalue weighted by Gasteiger charge is 2.10. The average Bonchev–Trinajstić information content (AvgIpc) is 2.92. The number of amides is 1. The lowest BCUT2D eigenvalue weighted by Crippen LogP contribution is -2.17. The Hall–Kier alpha value is -2.89. The molecule has 0 fully saturated rings. The summed E-state index contributed by atoms with van der Waals surface area (Å²) in [7, 11) is 0. The lowest BCUT2D eigenvalue weighted by molar-refractivity contribution is 0.215. The van der Waals surface area contributed by atoms with Crippen LogP contribution in [0.1, 0.15) is 12.6 Å². The largest absolute Gasteiger partial charge is 0.417 e. The number of carbonyl (C=O) groups is 1. The fourth-order valence-corrected chi connectivity index (χ4v) is 2.09. The second-order valence-electron chi connectivity index (χ2n) is 4.72. The molecule has 2 heterocycles. The van der Waals surface area contributed by atoms with E-state index in [1.54, 1.807) is 41.1 Å². The molecule has 0 bridgehead atoms. The minimum Gasteiger partial charge on any atom is -0.410 e. The van der Waals surface area contributed by atoms with Gasteiger partial charge in [-0.3, -0.25) is 5.32 Å². The molecule has 0 aliphatic carbocycles. The van der Waals surface area contributed by atoms with Gasteiger partial charge in [-0.25, -0.2) is 14.2 Å². The first-order chi connectivity index (χ1) is 10.7. The van der Waals surface area contributed by atoms with Crippen LogP contribution < -0.4 is 10.1 Å². The van der Waals surface area contributed by atoms with Crippen LogP contribution in [0.25, 0.3) is 5.65 Å². The van der Waals surface area contributed by atoms with Gasteiger partial charge in [0.15, 0.2) is 11.5 Å². The lowest BCUT2D eigenvalue weighted by atomic mass is 10.3. The van der Waals surface area contributed by atoms with Crippen LogP contribution in [0.3, 0.4) is 0 Å². The molecule has 6 heteroatoms. The van der Waals surface area contributed by atoms with Gasteiger partial charge in [0.1, 0.15) is 5.75 Å². The number of fused-ring (bicyclic) bond motifs is 1. The number of ether oxygens (including phenoxy) is 1. The van der Waals surface area contributed by atoms with E-state index in [1.807, 2.05) is 13.0 Å². The first kappa shape index (κ1) is 14.1. The number of imidazole rings is 1. The van der Waals surface area contributed by atoms with Crippen LogP contribution >= 0.6 is 0 Å². The zero-order chi connectivity index (χ0) is 15.5. The van der Waals surface area contributed by atoms with Gasteiger partial charge >= 0.3 is 6.09 Å². The van der Waals surface area contributed by atoms with E-state index in [-0.39, 0.29) is 5.65 Å². The second kappa shape index (κ2) is 5.85. The van der Waals surface area contributed by atoms with Gasteiger partial charge in [-0.2, -0.15) is 0 Å². The maximum absolute atomic E-state index is 14.0. The van der Waals surface area contributed by atoms with E-state index >= 15 is 0 Å². The molecule has 1 aromatic carbocycles. The minimum atomic E-state index is -0.680. The van der Waals surface area contributed by atoms with Crippen LogP contribution in [-0.4, -0.2) is 15.5 Å². The van der Waals surface area contributed by atoms with Crippen molar-refractivity contribution < 1.29 is 13.9 Å². The molecule has 0 saturated carbocycles. The number of nitrogens with zero attached hydrogens (tertiary/aromatic N) is 2. The van der Waals surface area contributed by atoms with Crippen molar-refractivity contribution in [3.63, 3.8) is 0 Å². The number of nitrogens with one attached hydrogen (secondary N) is 1. The van der Waals surface area contributed by atoms with Gasteiger partial charge in [-0.1, -0.05) is 25.1 Å². The number of aryl methyl sites for hydroxylation is 1. The van der Waals surface area contributed by atoms with Crippen molar-refractivity contribution >= 4 is 17.4 Å². The molecule has 0 saturated heterocycles. The molecule has 0 aliphatic rings. The second-order valence-corrected chi connectivity index (χ2v) is 4.72. The predicted octanol–water partition coefficient (Wildman–Crippen LogP) is 3.65. The molecule has 0 atom stereocenters. The Morgan fingerprint density at radius 2 is 2.09 bits per heavy atom. The van der Waals surface area contributed by atoms with Crippen molar-refractivity contribution in [2.75, 3.05) is 5.32 Å². The summed E-state index contributed by atoms with van der Waals surface area (Å²) in [4.78, 5) is 16.0.